The fraction of sp³-hybridized carbons (Fsp3) is 0.375. The maximum Gasteiger partial charge on any atom is 0.335 e. The van der Waals surface area contributed by atoms with Crippen LogP contribution in [-0.4, -0.2) is 19.1 Å². The van der Waals surface area contributed by atoms with E-state index in [1.165, 1.54) is 0 Å². The second-order valence-corrected chi connectivity index (χ2v) is 2.25. The lowest BCUT2D eigenvalue weighted by atomic mass is 10.2. The molecule has 0 unspecified atom stereocenters. The Balaban J connectivity index is 2.38. The van der Waals surface area contributed by atoms with Crippen molar-refractivity contribution in [3.8, 4) is 0 Å². The van der Waals surface area contributed by atoms with Crippen molar-refractivity contribution in [1.29, 1.82) is 0 Å². The topological polar surface area (TPSA) is 38.3 Å². The van der Waals surface area contributed by atoms with Gasteiger partial charge in [-0.15, -0.1) is 6.58 Å². The summed E-state index contributed by atoms with van der Waals surface area (Å²) in [6.07, 6.45) is 4.14. The van der Waals surface area contributed by atoms with Gasteiger partial charge in [0, 0.05) is 19.2 Å². The maximum atomic E-state index is 10.8. The van der Waals surface area contributed by atoms with Crippen LogP contribution in [0, 0.1) is 0 Å². The summed E-state index contributed by atoms with van der Waals surface area (Å²) in [5.74, 6) is -0.207. The van der Waals surface area contributed by atoms with Crippen molar-refractivity contribution in [2.24, 2.45) is 0 Å². The Labute approximate surface area is 65.7 Å². The second kappa shape index (κ2) is 3.81. The van der Waals surface area contributed by atoms with E-state index in [0.29, 0.717) is 25.1 Å². The van der Waals surface area contributed by atoms with Crippen molar-refractivity contribution in [3.63, 3.8) is 0 Å². The van der Waals surface area contributed by atoms with Gasteiger partial charge in [0.25, 0.3) is 0 Å². The first-order valence-electron chi connectivity index (χ1n) is 3.55. The van der Waals surface area contributed by atoms with Gasteiger partial charge in [-0.1, -0.05) is 6.08 Å². The van der Waals surface area contributed by atoms with E-state index in [-0.39, 0.29) is 5.97 Å². The zero-order valence-corrected chi connectivity index (χ0v) is 6.30. The fourth-order valence-corrected chi connectivity index (χ4v) is 0.845. The van der Waals surface area contributed by atoms with Gasteiger partial charge >= 0.3 is 5.97 Å². The third-order valence-electron chi connectivity index (χ3n) is 1.41. The molecule has 0 aliphatic carbocycles. The number of hydrogen-bond acceptors (Lipinski definition) is 3. The summed E-state index contributed by atoms with van der Waals surface area (Å²) < 4.78 is 4.72. The first-order chi connectivity index (χ1) is 5.34. The molecule has 1 rings (SSSR count). The highest BCUT2D eigenvalue weighted by Crippen LogP contribution is 2.10. The molecule has 0 aromatic carbocycles. The van der Waals surface area contributed by atoms with Crippen LogP contribution in [0.1, 0.15) is 6.42 Å². The average Bonchev–Trinajstić information content (AvgIpc) is 2.37. The third kappa shape index (κ3) is 2.11. The van der Waals surface area contributed by atoms with E-state index >= 15 is 0 Å². The molecule has 1 aliphatic rings. The van der Waals surface area contributed by atoms with Gasteiger partial charge in [0.2, 0.25) is 0 Å². The van der Waals surface area contributed by atoms with Crippen LogP contribution >= 0.6 is 0 Å². The number of cyclic esters (lactones) is 1. The lowest BCUT2D eigenvalue weighted by Gasteiger charge is -1.94. The molecule has 1 saturated heterocycles. The summed E-state index contributed by atoms with van der Waals surface area (Å²) in [7, 11) is 0. The molecule has 1 fully saturated rings. The molecule has 0 bridgehead atoms. The largest absolute Gasteiger partial charge is 0.462 e. The van der Waals surface area contributed by atoms with E-state index in [2.05, 4.69) is 11.9 Å². The van der Waals surface area contributed by atoms with Crippen LogP contribution in [0.4, 0.5) is 0 Å². The van der Waals surface area contributed by atoms with Gasteiger partial charge in [0.05, 0.1) is 12.2 Å². The molecule has 1 N–H and O–H groups in total. The molecule has 0 aromatic heterocycles. The van der Waals surface area contributed by atoms with Crippen LogP contribution in [0.15, 0.2) is 24.4 Å². The maximum absolute atomic E-state index is 10.8. The van der Waals surface area contributed by atoms with Gasteiger partial charge < -0.3 is 10.1 Å². The molecule has 0 aromatic rings. The van der Waals surface area contributed by atoms with Gasteiger partial charge in [0.15, 0.2) is 0 Å². The number of esters is 1. The monoisotopic (exact) mass is 153 g/mol. The molecule has 1 heterocycles. The molecular weight excluding hydrogens is 142 g/mol. The Kier molecular flexibility index (Phi) is 2.72. The highest BCUT2D eigenvalue weighted by Gasteiger charge is 2.17. The van der Waals surface area contributed by atoms with E-state index in [9.17, 15) is 4.79 Å². The minimum Gasteiger partial charge on any atom is -0.462 e. The van der Waals surface area contributed by atoms with Crippen molar-refractivity contribution in [3.05, 3.63) is 24.4 Å². The van der Waals surface area contributed by atoms with Crippen LogP contribution < -0.4 is 5.32 Å². The summed E-state index contributed by atoms with van der Waals surface area (Å²) in [6.45, 7) is 4.73. The van der Waals surface area contributed by atoms with Crippen LogP contribution in [0.2, 0.25) is 0 Å². The molecule has 0 spiro atoms. The number of carbonyl (C=O) groups excluding carboxylic acids is 1. The molecule has 3 heteroatoms. The van der Waals surface area contributed by atoms with Crippen molar-refractivity contribution >= 4 is 5.97 Å². The predicted molar refractivity (Wildman–Crippen MR) is 41.9 cm³/mol. The Morgan fingerprint density at radius 3 is 3.09 bits per heavy atom. The average molecular weight is 153 g/mol. The Bertz CT molecular complexity index is 196. The first-order valence-corrected chi connectivity index (χ1v) is 3.55. The molecule has 60 valence electrons. The second-order valence-electron chi connectivity index (χ2n) is 2.25. The quantitative estimate of drug-likeness (QED) is 0.279. The number of hydrogen-bond donors (Lipinski definition) is 1. The van der Waals surface area contributed by atoms with Crippen molar-refractivity contribution in [2.75, 3.05) is 13.2 Å². The van der Waals surface area contributed by atoms with E-state index in [1.807, 2.05) is 0 Å². The summed E-state index contributed by atoms with van der Waals surface area (Å²) in [5.41, 5.74) is 0.715. The van der Waals surface area contributed by atoms with E-state index in [0.717, 1.165) is 0 Å². The number of nitrogens with one attached hydrogen (secondary N) is 1. The Hall–Kier alpha value is -1.25. The molecule has 0 amide bonds. The lowest BCUT2D eigenvalue weighted by molar-refractivity contribution is -0.135. The Morgan fingerprint density at radius 1 is 1.73 bits per heavy atom. The zero-order chi connectivity index (χ0) is 8.10. The van der Waals surface area contributed by atoms with Gasteiger partial charge in [-0.3, -0.25) is 0 Å². The van der Waals surface area contributed by atoms with Gasteiger partial charge in [-0.2, -0.15) is 0 Å². The zero-order valence-electron chi connectivity index (χ0n) is 6.30. The van der Waals surface area contributed by atoms with Crippen LogP contribution in [-0.2, 0) is 9.53 Å². The summed E-state index contributed by atoms with van der Waals surface area (Å²) in [5, 5.41) is 2.93. The Morgan fingerprint density at radius 2 is 2.55 bits per heavy atom. The highest BCUT2D eigenvalue weighted by atomic mass is 16.5. The third-order valence-corrected chi connectivity index (χ3v) is 1.41. The molecule has 0 atom stereocenters. The number of rotatable bonds is 3. The molecule has 0 saturated carbocycles. The smallest absolute Gasteiger partial charge is 0.335 e. The van der Waals surface area contributed by atoms with Crippen LogP contribution in [0.3, 0.4) is 0 Å². The summed E-state index contributed by atoms with van der Waals surface area (Å²) in [4.78, 5) is 10.8. The number of ether oxygens (including phenoxy) is 1. The van der Waals surface area contributed by atoms with E-state index in [1.54, 1.807) is 12.3 Å². The van der Waals surface area contributed by atoms with Crippen molar-refractivity contribution in [2.45, 2.75) is 6.42 Å². The molecular formula is C8H11NO2. The lowest BCUT2D eigenvalue weighted by Crippen LogP contribution is -2.07. The molecule has 1 aliphatic heterocycles. The molecule has 0 radical (unpaired) electrons. The standard InChI is InChI=1S/C8H11NO2/c1-2-4-9-6-7-3-5-11-8(7)10/h2,6,9H,1,3-5H2/b7-6-. The normalized spacial score (nSPS) is 20.0. The number of carbonyl (C=O) groups is 1. The first kappa shape index (κ1) is 7.85. The van der Waals surface area contributed by atoms with Crippen molar-refractivity contribution in [1.82, 2.24) is 5.32 Å². The minimum absolute atomic E-state index is 0.207. The minimum atomic E-state index is -0.207. The fourth-order valence-electron chi connectivity index (χ4n) is 0.845. The van der Waals surface area contributed by atoms with Crippen molar-refractivity contribution < 1.29 is 9.53 Å². The van der Waals surface area contributed by atoms with E-state index in [4.69, 9.17) is 4.74 Å². The van der Waals surface area contributed by atoms with Gasteiger partial charge in [0.1, 0.15) is 0 Å². The highest BCUT2D eigenvalue weighted by molar-refractivity contribution is 5.90. The summed E-state index contributed by atoms with van der Waals surface area (Å²) >= 11 is 0. The summed E-state index contributed by atoms with van der Waals surface area (Å²) in [6, 6.07) is 0. The predicted octanol–water partition coefficient (Wildman–Crippen LogP) is 0.593. The molecule has 11 heavy (non-hydrogen) atoms. The van der Waals surface area contributed by atoms with E-state index < -0.39 is 0 Å². The van der Waals surface area contributed by atoms with Crippen LogP contribution in [0.5, 0.6) is 0 Å². The SMILES string of the molecule is C=CCN/C=C1/CCOC1=O. The molecule has 3 nitrogen and oxygen atoms in total. The van der Waals surface area contributed by atoms with Gasteiger partial charge in [-0.05, 0) is 0 Å². The van der Waals surface area contributed by atoms with Crippen LogP contribution in [0.25, 0.3) is 0 Å². The van der Waals surface area contributed by atoms with Gasteiger partial charge in [-0.25, -0.2) is 4.79 Å².